The Morgan fingerprint density at radius 2 is 1.89 bits per heavy atom. The summed E-state index contributed by atoms with van der Waals surface area (Å²) in [5.74, 6) is 2.46. The van der Waals surface area contributed by atoms with Crippen LogP contribution in [-0.2, 0) is 4.74 Å². The molecule has 0 saturated carbocycles. The highest BCUT2D eigenvalue weighted by atomic mass is 32.2. The predicted molar refractivity (Wildman–Crippen MR) is 108 cm³/mol. The number of aromatic nitrogens is 3. The van der Waals surface area contributed by atoms with Gasteiger partial charge in [0.15, 0.2) is 11.0 Å². The van der Waals surface area contributed by atoms with Gasteiger partial charge in [0.05, 0.1) is 18.8 Å². The fraction of sp³-hybridized carbons (Fsp3) is 0.333. The summed E-state index contributed by atoms with van der Waals surface area (Å²) in [6.07, 6.45) is 3.81. The second kappa shape index (κ2) is 8.59. The summed E-state index contributed by atoms with van der Waals surface area (Å²) in [6, 6.07) is 18.1. The molecule has 0 unspecified atom stereocenters. The molecule has 5 nitrogen and oxygen atoms in total. The van der Waals surface area contributed by atoms with Crippen LogP contribution in [0.25, 0.3) is 17.1 Å². The molecule has 1 fully saturated rings. The number of rotatable bonds is 6. The fourth-order valence-electron chi connectivity index (χ4n) is 3.28. The van der Waals surface area contributed by atoms with Gasteiger partial charge >= 0.3 is 0 Å². The monoisotopic (exact) mass is 381 g/mol. The van der Waals surface area contributed by atoms with Gasteiger partial charge in [-0.05, 0) is 43.5 Å². The van der Waals surface area contributed by atoms with Gasteiger partial charge in [-0.1, -0.05) is 42.1 Å². The van der Waals surface area contributed by atoms with Crippen molar-refractivity contribution in [1.29, 1.82) is 0 Å². The topological polar surface area (TPSA) is 49.2 Å². The average Bonchev–Trinajstić information content (AvgIpc) is 3.17. The van der Waals surface area contributed by atoms with E-state index in [9.17, 15) is 0 Å². The second-order valence-electron chi connectivity index (χ2n) is 6.48. The van der Waals surface area contributed by atoms with Gasteiger partial charge in [0.25, 0.3) is 0 Å². The molecular weight excluding hydrogens is 358 g/mol. The molecule has 140 valence electrons. The lowest BCUT2D eigenvalue weighted by atomic mass is 10.1. The summed E-state index contributed by atoms with van der Waals surface area (Å²) in [5, 5.41) is 9.87. The molecule has 0 spiro atoms. The van der Waals surface area contributed by atoms with E-state index in [1.807, 2.05) is 42.5 Å². The zero-order chi connectivity index (χ0) is 18.5. The Morgan fingerprint density at radius 1 is 1.07 bits per heavy atom. The molecule has 1 atom stereocenters. The second-order valence-corrected chi connectivity index (χ2v) is 7.46. The van der Waals surface area contributed by atoms with Gasteiger partial charge in [-0.2, -0.15) is 0 Å². The third-order valence-electron chi connectivity index (χ3n) is 4.67. The largest absolute Gasteiger partial charge is 0.496 e. The Bertz CT molecular complexity index is 876. The van der Waals surface area contributed by atoms with E-state index in [0.717, 1.165) is 46.8 Å². The summed E-state index contributed by atoms with van der Waals surface area (Å²) in [6.45, 7) is 0.864. The zero-order valence-corrected chi connectivity index (χ0v) is 16.2. The molecular formula is C21H23N3O2S. The molecule has 27 heavy (non-hydrogen) atoms. The van der Waals surface area contributed by atoms with Crippen LogP contribution in [0.1, 0.15) is 19.3 Å². The molecule has 6 heteroatoms. The summed E-state index contributed by atoms with van der Waals surface area (Å²) in [5.41, 5.74) is 1.97. The van der Waals surface area contributed by atoms with E-state index in [0.29, 0.717) is 6.10 Å². The molecule has 0 radical (unpaired) electrons. The van der Waals surface area contributed by atoms with Crippen molar-refractivity contribution < 1.29 is 9.47 Å². The number of para-hydroxylation sites is 2. The van der Waals surface area contributed by atoms with Gasteiger partial charge in [-0.15, -0.1) is 10.2 Å². The van der Waals surface area contributed by atoms with Crippen molar-refractivity contribution in [3.8, 4) is 22.8 Å². The third kappa shape index (κ3) is 4.01. The molecule has 0 N–H and O–H groups in total. The van der Waals surface area contributed by atoms with Crippen LogP contribution >= 0.6 is 11.8 Å². The van der Waals surface area contributed by atoms with E-state index < -0.39 is 0 Å². The first-order valence-corrected chi connectivity index (χ1v) is 10.2. The van der Waals surface area contributed by atoms with Crippen molar-refractivity contribution in [2.45, 2.75) is 30.5 Å². The van der Waals surface area contributed by atoms with Gasteiger partial charge in [0, 0.05) is 18.0 Å². The van der Waals surface area contributed by atoms with Crippen LogP contribution in [0.15, 0.2) is 59.8 Å². The van der Waals surface area contributed by atoms with E-state index in [2.05, 4.69) is 26.9 Å². The van der Waals surface area contributed by atoms with Crippen molar-refractivity contribution in [2.24, 2.45) is 0 Å². The molecule has 2 heterocycles. The first kappa shape index (κ1) is 18.1. The van der Waals surface area contributed by atoms with Crippen LogP contribution in [0.4, 0.5) is 0 Å². The molecule has 1 saturated heterocycles. The quantitative estimate of drug-likeness (QED) is 0.584. The smallest absolute Gasteiger partial charge is 0.196 e. The van der Waals surface area contributed by atoms with Crippen molar-refractivity contribution >= 4 is 11.8 Å². The van der Waals surface area contributed by atoms with Crippen LogP contribution in [-0.4, -0.2) is 40.3 Å². The fourth-order valence-corrected chi connectivity index (χ4v) is 4.30. The van der Waals surface area contributed by atoms with E-state index in [4.69, 9.17) is 9.47 Å². The van der Waals surface area contributed by atoms with Gasteiger partial charge < -0.3 is 9.47 Å². The van der Waals surface area contributed by atoms with Crippen molar-refractivity contribution in [3.63, 3.8) is 0 Å². The standard InChI is InChI=1S/C21H23N3O2S/c1-25-19-13-6-5-12-18(19)20-22-23-21(24(20)16-9-3-2-4-10-16)27-15-17-11-7-8-14-26-17/h2-6,9-10,12-13,17H,7-8,11,14-15H2,1H3/t17-/m1/s1. The highest BCUT2D eigenvalue weighted by molar-refractivity contribution is 7.99. The van der Waals surface area contributed by atoms with Gasteiger partial charge in [-0.3, -0.25) is 4.57 Å². The van der Waals surface area contributed by atoms with Crippen molar-refractivity contribution in [1.82, 2.24) is 14.8 Å². The van der Waals surface area contributed by atoms with Crippen LogP contribution in [0, 0.1) is 0 Å². The van der Waals surface area contributed by atoms with Crippen molar-refractivity contribution in [3.05, 3.63) is 54.6 Å². The minimum atomic E-state index is 0.291. The molecule has 0 amide bonds. The number of thioether (sulfide) groups is 1. The van der Waals surface area contributed by atoms with Crippen LogP contribution in [0.2, 0.25) is 0 Å². The predicted octanol–water partition coefficient (Wildman–Crippen LogP) is 4.60. The van der Waals surface area contributed by atoms with Gasteiger partial charge in [0.1, 0.15) is 5.75 Å². The molecule has 3 aromatic rings. The van der Waals surface area contributed by atoms with Crippen LogP contribution in [0.5, 0.6) is 5.75 Å². The van der Waals surface area contributed by atoms with Crippen LogP contribution < -0.4 is 4.74 Å². The maximum absolute atomic E-state index is 5.87. The number of nitrogens with zero attached hydrogens (tertiary/aromatic N) is 3. The Labute approximate surface area is 163 Å². The Balaban J connectivity index is 1.70. The van der Waals surface area contributed by atoms with Crippen LogP contribution in [0.3, 0.4) is 0 Å². The minimum Gasteiger partial charge on any atom is -0.496 e. The molecule has 0 bridgehead atoms. The van der Waals surface area contributed by atoms with E-state index in [1.165, 1.54) is 12.8 Å². The van der Waals surface area contributed by atoms with E-state index in [-0.39, 0.29) is 0 Å². The maximum atomic E-state index is 5.87. The Kier molecular flexibility index (Phi) is 5.75. The molecule has 2 aromatic carbocycles. The number of ether oxygens (including phenoxy) is 2. The number of methoxy groups -OCH3 is 1. The molecule has 1 aliphatic rings. The Morgan fingerprint density at radius 3 is 2.67 bits per heavy atom. The SMILES string of the molecule is COc1ccccc1-c1nnc(SC[C@H]2CCCCO2)n1-c1ccccc1. The molecule has 1 aliphatic heterocycles. The average molecular weight is 382 g/mol. The molecule has 4 rings (SSSR count). The number of hydrogen-bond acceptors (Lipinski definition) is 5. The molecule has 0 aliphatic carbocycles. The third-order valence-corrected chi connectivity index (χ3v) is 5.73. The van der Waals surface area contributed by atoms with Gasteiger partial charge in [-0.25, -0.2) is 0 Å². The van der Waals surface area contributed by atoms with Crippen molar-refractivity contribution in [2.75, 3.05) is 19.5 Å². The lowest BCUT2D eigenvalue weighted by Gasteiger charge is -2.22. The summed E-state index contributed by atoms with van der Waals surface area (Å²) in [7, 11) is 1.68. The lowest BCUT2D eigenvalue weighted by molar-refractivity contribution is 0.0315. The first-order chi connectivity index (χ1) is 13.4. The normalized spacial score (nSPS) is 17.0. The lowest BCUT2D eigenvalue weighted by Crippen LogP contribution is -2.21. The highest BCUT2D eigenvalue weighted by Crippen LogP contribution is 2.33. The van der Waals surface area contributed by atoms with E-state index >= 15 is 0 Å². The van der Waals surface area contributed by atoms with Gasteiger partial charge in [0.2, 0.25) is 0 Å². The number of hydrogen-bond donors (Lipinski definition) is 0. The highest BCUT2D eigenvalue weighted by Gasteiger charge is 2.21. The number of benzene rings is 2. The minimum absolute atomic E-state index is 0.291. The Hall–Kier alpha value is -2.31. The summed E-state index contributed by atoms with van der Waals surface area (Å²) < 4.78 is 13.5. The molecule has 1 aromatic heterocycles. The maximum Gasteiger partial charge on any atom is 0.196 e. The summed E-state index contributed by atoms with van der Waals surface area (Å²) >= 11 is 1.70. The zero-order valence-electron chi connectivity index (χ0n) is 15.4. The first-order valence-electron chi connectivity index (χ1n) is 9.25. The summed E-state index contributed by atoms with van der Waals surface area (Å²) in [4.78, 5) is 0. The van der Waals surface area contributed by atoms with E-state index in [1.54, 1.807) is 18.9 Å².